The maximum Gasteiger partial charge on any atom is 0.323 e. The lowest BCUT2D eigenvalue weighted by atomic mass is 10.00. The summed E-state index contributed by atoms with van der Waals surface area (Å²) in [7, 11) is 0. The van der Waals surface area contributed by atoms with E-state index in [2.05, 4.69) is 0 Å². The summed E-state index contributed by atoms with van der Waals surface area (Å²) in [6, 6.07) is 0. The molecule has 4 nitrogen and oxygen atoms in total. The number of nitrogens with two attached hydrogens (primary N) is 2. The van der Waals surface area contributed by atoms with Gasteiger partial charge in [0.25, 0.3) is 0 Å². The number of hydrogen-bond donors (Lipinski definition) is 3. The van der Waals surface area contributed by atoms with Crippen LogP contribution < -0.4 is 11.5 Å². The molecule has 0 aromatic rings. The zero-order chi connectivity index (χ0) is 8.91. The predicted molar refractivity (Wildman–Crippen MR) is 43.0 cm³/mol. The van der Waals surface area contributed by atoms with Crippen molar-refractivity contribution in [3.05, 3.63) is 12.2 Å². The molecule has 0 saturated heterocycles. The fourth-order valence-electron chi connectivity index (χ4n) is 0.512. The Bertz CT molecular complexity index is 164. The monoisotopic (exact) mass is 158 g/mol. The van der Waals surface area contributed by atoms with Crippen molar-refractivity contribution in [1.82, 2.24) is 0 Å². The van der Waals surface area contributed by atoms with Gasteiger partial charge in [-0.2, -0.15) is 0 Å². The summed E-state index contributed by atoms with van der Waals surface area (Å²) in [5.74, 6) is -1.00. The Morgan fingerprint density at radius 3 is 2.55 bits per heavy atom. The average molecular weight is 158 g/mol. The summed E-state index contributed by atoms with van der Waals surface area (Å²) in [6.45, 7) is 1.88. The van der Waals surface area contributed by atoms with Crippen LogP contribution in [0, 0.1) is 0 Å². The van der Waals surface area contributed by atoms with Gasteiger partial charge < -0.3 is 16.6 Å². The van der Waals surface area contributed by atoms with Crippen molar-refractivity contribution in [1.29, 1.82) is 0 Å². The number of rotatable bonds is 4. The second-order valence-electron chi connectivity index (χ2n) is 2.63. The third kappa shape index (κ3) is 3.75. The van der Waals surface area contributed by atoms with Crippen molar-refractivity contribution in [2.24, 2.45) is 11.5 Å². The molecule has 0 amide bonds. The molecule has 4 heteroatoms. The Balaban J connectivity index is 3.92. The first kappa shape index (κ1) is 10.1. The van der Waals surface area contributed by atoms with Gasteiger partial charge in [0.15, 0.2) is 0 Å². The van der Waals surface area contributed by atoms with Gasteiger partial charge in [-0.3, -0.25) is 4.79 Å². The number of carboxylic acids is 1. The minimum absolute atomic E-state index is 0.305. The first-order valence-electron chi connectivity index (χ1n) is 3.38. The summed E-state index contributed by atoms with van der Waals surface area (Å²) in [4.78, 5) is 10.4. The van der Waals surface area contributed by atoms with Crippen LogP contribution in [-0.4, -0.2) is 23.2 Å². The Morgan fingerprint density at radius 2 is 2.18 bits per heavy atom. The number of carboxylic acid groups (broad SMARTS) is 1. The highest BCUT2D eigenvalue weighted by Crippen LogP contribution is 2.05. The molecule has 0 saturated carbocycles. The van der Waals surface area contributed by atoms with Gasteiger partial charge in [0.2, 0.25) is 0 Å². The summed E-state index contributed by atoms with van der Waals surface area (Å²) < 4.78 is 0. The highest BCUT2D eigenvalue weighted by atomic mass is 16.4. The number of aliphatic carboxylic acids is 1. The van der Waals surface area contributed by atoms with Gasteiger partial charge in [0.05, 0.1) is 0 Å². The van der Waals surface area contributed by atoms with Crippen molar-refractivity contribution in [2.45, 2.75) is 18.9 Å². The maximum atomic E-state index is 10.4. The topological polar surface area (TPSA) is 89.3 Å². The molecule has 0 rings (SSSR count). The Labute approximate surface area is 65.9 Å². The SMILES string of the molecule is C[C@@](N)(CC=CCN)C(=O)O. The molecule has 0 heterocycles. The van der Waals surface area contributed by atoms with Crippen LogP contribution >= 0.6 is 0 Å². The molecule has 0 spiro atoms. The van der Waals surface area contributed by atoms with Crippen LogP contribution in [0.25, 0.3) is 0 Å². The van der Waals surface area contributed by atoms with Crippen LogP contribution in [0.1, 0.15) is 13.3 Å². The van der Waals surface area contributed by atoms with E-state index in [1.165, 1.54) is 6.92 Å². The third-order valence-electron chi connectivity index (χ3n) is 1.33. The molecular weight excluding hydrogens is 144 g/mol. The Hall–Kier alpha value is -0.870. The minimum Gasteiger partial charge on any atom is -0.480 e. The predicted octanol–water partition coefficient (Wildman–Crippen LogP) is -0.307. The van der Waals surface area contributed by atoms with E-state index in [0.29, 0.717) is 13.0 Å². The Kier molecular flexibility index (Phi) is 3.78. The molecule has 0 aliphatic carbocycles. The average Bonchev–Trinajstić information content (AvgIpc) is 1.88. The van der Waals surface area contributed by atoms with E-state index >= 15 is 0 Å². The third-order valence-corrected chi connectivity index (χ3v) is 1.33. The molecule has 5 N–H and O–H groups in total. The smallest absolute Gasteiger partial charge is 0.323 e. The molecule has 11 heavy (non-hydrogen) atoms. The van der Waals surface area contributed by atoms with E-state index in [4.69, 9.17) is 16.6 Å². The molecule has 0 aromatic carbocycles. The Morgan fingerprint density at radius 1 is 1.64 bits per heavy atom. The minimum atomic E-state index is -1.17. The van der Waals surface area contributed by atoms with E-state index < -0.39 is 11.5 Å². The van der Waals surface area contributed by atoms with Crippen LogP contribution in [0.3, 0.4) is 0 Å². The summed E-state index contributed by atoms with van der Waals surface area (Å²) in [5.41, 5.74) is 9.39. The fourth-order valence-corrected chi connectivity index (χ4v) is 0.512. The van der Waals surface area contributed by atoms with Gasteiger partial charge in [-0.05, 0) is 13.3 Å². The molecule has 0 aliphatic rings. The molecule has 0 aromatic heterocycles. The van der Waals surface area contributed by atoms with Gasteiger partial charge in [-0.1, -0.05) is 12.2 Å². The van der Waals surface area contributed by atoms with Crippen molar-refractivity contribution >= 4 is 5.97 Å². The zero-order valence-electron chi connectivity index (χ0n) is 6.58. The summed E-state index contributed by atoms with van der Waals surface area (Å²) >= 11 is 0. The first-order chi connectivity index (χ1) is 5.00. The second-order valence-corrected chi connectivity index (χ2v) is 2.63. The standard InChI is InChI=1S/C7H14N2O2/c1-7(9,6(10)11)4-2-3-5-8/h2-3H,4-5,8-9H2,1H3,(H,10,11)/t7-/m1/s1. The van der Waals surface area contributed by atoms with Gasteiger partial charge in [-0.15, -0.1) is 0 Å². The second kappa shape index (κ2) is 4.10. The van der Waals surface area contributed by atoms with Gasteiger partial charge in [0, 0.05) is 6.54 Å². The summed E-state index contributed by atoms with van der Waals surface area (Å²) in [5, 5.41) is 8.55. The van der Waals surface area contributed by atoms with Crippen molar-refractivity contribution in [3.63, 3.8) is 0 Å². The van der Waals surface area contributed by atoms with Crippen LogP contribution in [-0.2, 0) is 4.79 Å². The van der Waals surface area contributed by atoms with Crippen LogP contribution in [0.4, 0.5) is 0 Å². The lowest BCUT2D eigenvalue weighted by molar-refractivity contribution is -0.142. The van der Waals surface area contributed by atoms with E-state index in [0.717, 1.165) is 0 Å². The molecule has 1 atom stereocenters. The maximum absolute atomic E-state index is 10.4. The lowest BCUT2D eigenvalue weighted by Gasteiger charge is -2.15. The van der Waals surface area contributed by atoms with Gasteiger partial charge in [0.1, 0.15) is 5.54 Å². The van der Waals surface area contributed by atoms with Crippen LogP contribution in [0.15, 0.2) is 12.2 Å². The molecule has 0 radical (unpaired) electrons. The zero-order valence-corrected chi connectivity index (χ0v) is 6.58. The van der Waals surface area contributed by atoms with E-state index in [1.54, 1.807) is 12.2 Å². The quantitative estimate of drug-likeness (QED) is 0.490. The highest BCUT2D eigenvalue weighted by Gasteiger charge is 2.25. The first-order valence-corrected chi connectivity index (χ1v) is 3.38. The molecule has 0 fully saturated rings. The van der Waals surface area contributed by atoms with Crippen LogP contribution in [0.2, 0.25) is 0 Å². The van der Waals surface area contributed by atoms with Crippen molar-refractivity contribution in [3.8, 4) is 0 Å². The summed E-state index contributed by atoms with van der Waals surface area (Å²) in [6.07, 6.45) is 3.67. The number of carbonyl (C=O) groups is 1. The number of hydrogen-bond acceptors (Lipinski definition) is 3. The normalized spacial score (nSPS) is 16.6. The van der Waals surface area contributed by atoms with E-state index in [1.807, 2.05) is 0 Å². The van der Waals surface area contributed by atoms with Crippen LogP contribution in [0.5, 0.6) is 0 Å². The molecule has 0 unspecified atom stereocenters. The molecule has 0 bridgehead atoms. The van der Waals surface area contributed by atoms with E-state index in [9.17, 15) is 4.79 Å². The molecule has 0 aliphatic heterocycles. The largest absolute Gasteiger partial charge is 0.480 e. The van der Waals surface area contributed by atoms with E-state index in [-0.39, 0.29) is 0 Å². The molecule has 64 valence electrons. The fraction of sp³-hybridized carbons (Fsp3) is 0.571. The van der Waals surface area contributed by atoms with Crippen molar-refractivity contribution < 1.29 is 9.90 Å². The van der Waals surface area contributed by atoms with Gasteiger partial charge >= 0.3 is 5.97 Å². The highest BCUT2D eigenvalue weighted by molar-refractivity contribution is 5.78. The lowest BCUT2D eigenvalue weighted by Crippen LogP contribution is -2.44. The van der Waals surface area contributed by atoms with Crippen molar-refractivity contribution in [2.75, 3.05) is 6.54 Å². The van der Waals surface area contributed by atoms with Gasteiger partial charge in [-0.25, -0.2) is 0 Å². The molecular formula is C7H14N2O2.